The molecule has 31 heavy (non-hydrogen) atoms. The van der Waals surface area contributed by atoms with Crippen molar-refractivity contribution in [3.05, 3.63) is 76.1 Å². The maximum Gasteiger partial charge on any atom is 0.255 e. The van der Waals surface area contributed by atoms with Gasteiger partial charge < -0.3 is 20.5 Å². The number of hydrogen-bond acceptors (Lipinski definition) is 8. The molecule has 0 unspecified atom stereocenters. The summed E-state index contributed by atoms with van der Waals surface area (Å²) >= 11 is 1.20. The lowest BCUT2D eigenvalue weighted by atomic mass is 9.93. The molecule has 9 heteroatoms. The van der Waals surface area contributed by atoms with Crippen molar-refractivity contribution < 1.29 is 14.3 Å². The van der Waals surface area contributed by atoms with Crippen LogP contribution in [0.2, 0.25) is 0 Å². The van der Waals surface area contributed by atoms with E-state index in [1.807, 2.05) is 42.5 Å². The number of nitrogens with zero attached hydrogens (tertiary/aromatic N) is 3. The third-order valence-electron chi connectivity index (χ3n) is 5.17. The van der Waals surface area contributed by atoms with Gasteiger partial charge in [-0.05, 0) is 48.5 Å². The summed E-state index contributed by atoms with van der Waals surface area (Å²) in [5.41, 5.74) is 8.76. The van der Waals surface area contributed by atoms with Crippen LogP contribution in [-0.4, -0.2) is 22.8 Å². The number of amidine groups is 1. The highest BCUT2D eigenvalue weighted by Gasteiger charge is 2.42. The SMILES string of the molecule is CC1=C(C(=O)Nc2ccccc2)[C@H](c2ccc3c(c2)OCO3)N2C(=N1)SC(C#N)=C2N. The molecule has 1 amide bonds. The molecule has 154 valence electrons. The smallest absolute Gasteiger partial charge is 0.255 e. The molecule has 3 aliphatic heterocycles. The lowest BCUT2D eigenvalue weighted by molar-refractivity contribution is -0.113. The number of anilines is 1. The molecular weight excluding hydrogens is 414 g/mol. The van der Waals surface area contributed by atoms with E-state index in [1.54, 1.807) is 17.9 Å². The van der Waals surface area contributed by atoms with Crippen LogP contribution in [-0.2, 0) is 4.79 Å². The summed E-state index contributed by atoms with van der Waals surface area (Å²) in [6, 6.07) is 16.2. The van der Waals surface area contributed by atoms with Gasteiger partial charge in [0.05, 0.1) is 17.3 Å². The molecule has 1 atom stereocenters. The van der Waals surface area contributed by atoms with E-state index >= 15 is 0 Å². The quantitative estimate of drug-likeness (QED) is 0.765. The molecule has 3 aliphatic rings. The molecule has 0 aromatic heterocycles. The first-order valence-corrected chi connectivity index (χ1v) is 10.3. The summed E-state index contributed by atoms with van der Waals surface area (Å²) in [4.78, 5) is 20.1. The van der Waals surface area contributed by atoms with Crippen molar-refractivity contribution in [1.82, 2.24) is 4.90 Å². The minimum Gasteiger partial charge on any atom is -0.454 e. The van der Waals surface area contributed by atoms with E-state index in [-0.39, 0.29) is 18.5 Å². The number of ether oxygens (including phenoxy) is 2. The van der Waals surface area contributed by atoms with Gasteiger partial charge in [-0.2, -0.15) is 5.26 Å². The van der Waals surface area contributed by atoms with Crippen LogP contribution in [0, 0.1) is 11.3 Å². The Morgan fingerprint density at radius 2 is 2.03 bits per heavy atom. The number of benzene rings is 2. The first-order valence-electron chi connectivity index (χ1n) is 9.49. The number of nitrogens with one attached hydrogen (secondary N) is 1. The predicted molar refractivity (Wildman–Crippen MR) is 117 cm³/mol. The number of nitrogens with two attached hydrogens (primary N) is 1. The van der Waals surface area contributed by atoms with Gasteiger partial charge in [0, 0.05) is 5.69 Å². The summed E-state index contributed by atoms with van der Waals surface area (Å²) in [7, 11) is 0. The van der Waals surface area contributed by atoms with Crippen molar-refractivity contribution in [2.24, 2.45) is 10.7 Å². The maximum absolute atomic E-state index is 13.4. The number of thioether (sulfide) groups is 1. The minimum atomic E-state index is -0.580. The van der Waals surface area contributed by atoms with Crippen LogP contribution >= 0.6 is 11.8 Å². The summed E-state index contributed by atoms with van der Waals surface area (Å²) in [6.45, 7) is 1.93. The Balaban J connectivity index is 1.62. The fraction of sp³-hybridized carbons (Fsp3) is 0.136. The summed E-state index contributed by atoms with van der Waals surface area (Å²) in [6.07, 6.45) is 0. The molecule has 0 bridgehead atoms. The van der Waals surface area contributed by atoms with Crippen molar-refractivity contribution in [2.75, 3.05) is 12.1 Å². The minimum absolute atomic E-state index is 0.145. The number of nitriles is 1. The standard InChI is InChI=1S/C22H17N5O3S/c1-12-18(21(28)26-14-5-3-2-4-6-14)19(13-7-8-15-16(9-13)30-11-29-15)27-20(24)17(10-23)31-22(27)25-12/h2-9,19H,11,24H2,1H3,(H,26,28)/t19-/m0/s1. The number of fused-ring (bicyclic) bond motifs is 2. The van der Waals surface area contributed by atoms with Crippen LogP contribution < -0.4 is 20.5 Å². The lowest BCUT2D eigenvalue weighted by Crippen LogP contribution is -2.39. The summed E-state index contributed by atoms with van der Waals surface area (Å²) < 4.78 is 11.0. The molecular formula is C22H17N5O3S. The van der Waals surface area contributed by atoms with Gasteiger partial charge in [0.1, 0.15) is 16.8 Å². The number of rotatable bonds is 3. The molecule has 0 fully saturated rings. The zero-order chi connectivity index (χ0) is 21.5. The molecule has 3 N–H and O–H groups in total. The van der Waals surface area contributed by atoms with Gasteiger partial charge in [-0.15, -0.1) is 0 Å². The van der Waals surface area contributed by atoms with Crippen LogP contribution in [0.3, 0.4) is 0 Å². The molecule has 0 saturated heterocycles. The van der Waals surface area contributed by atoms with E-state index in [0.29, 0.717) is 38.5 Å². The average molecular weight is 431 g/mol. The molecule has 8 nitrogen and oxygen atoms in total. The van der Waals surface area contributed by atoms with Gasteiger partial charge in [-0.25, -0.2) is 4.99 Å². The molecule has 5 rings (SSSR count). The normalized spacial score (nSPS) is 19.2. The second kappa shape index (κ2) is 7.41. The average Bonchev–Trinajstić information content (AvgIpc) is 3.36. The molecule has 2 aromatic carbocycles. The van der Waals surface area contributed by atoms with Gasteiger partial charge in [0.2, 0.25) is 6.79 Å². The fourth-order valence-electron chi connectivity index (χ4n) is 3.75. The second-order valence-electron chi connectivity index (χ2n) is 7.03. The molecule has 0 spiro atoms. The first-order chi connectivity index (χ1) is 15.1. The van der Waals surface area contributed by atoms with E-state index in [1.165, 1.54) is 11.8 Å². The van der Waals surface area contributed by atoms with Crippen LogP contribution in [0.5, 0.6) is 11.5 Å². The first kappa shape index (κ1) is 19.1. The summed E-state index contributed by atoms with van der Waals surface area (Å²) in [5.74, 6) is 1.21. The maximum atomic E-state index is 13.4. The lowest BCUT2D eigenvalue weighted by Gasteiger charge is -2.35. The Morgan fingerprint density at radius 3 is 2.81 bits per heavy atom. The molecule has 0 aliphatic carbocycles. The Kier molecular flexibility index (Phi) is 4.56. The number of para-hydroxylation sites is 1. The van der Waals surface area contributed by atoms with Crippen LogP contribution in [0.25, 0.3) is 0 Å². The molecule has 2 aromatic rings. The molecule has 0 radical (unpaired) electrons. The topological polar surface area (TPSA) is 113 Å². The highest BCUT2D eigenvalue weighted by molar-refractivity contribution is 8.17. The number of carbonyl (C=O) groups is 1. The van der Waals surface area contributed by atoms with Gasteiger partial charge >= 0.3 is 0 Å². The van der Waals surface area contributed by atoms with Crippen molar-refractivity contribution >= 4 is 28.5 Å². The zero-order valence-electron chi connectivity index (χ0n) is 16.5. The molecule has 0 saturated carbocycles. The van der Waals surface area contributed by atoms with E-state index in [2.05, 4.69) is 16.4 Å². The van der Waals surface area contributed by atoms with Gasteiger partial charge in [-0.3, -0.25) is 9.69 Å². The third kappa shape index (κ3) is 3.17. The predicted octanol–water partition coefficient (Wildman–Crippen LogP) is 3.44. The fourth-order valence-corrected chi connectivity index (χ4v) is 4.67. The van der Waals surface area contributed by atoms with Crippen molar-refractivity contribution in [3.63, 3.8) is 0 Å². The Hall–Kier alpha value is -3.90. The number of aliphatic imine (C=N–C) groups is 1. The monoisotopic (exact) mass is 431 g/mol. The Morgan fingerprint density at radius 1 is 1.26 bits per heavy atom. The van der Waals surface area contributed by atoms with E-state index in [0.717, 1.165) is 5.56 Å². The molecule has 3 heterocycles. The number of allylic oxidation sites excluding steroid dienone is 2. The van der Waals surface area contributed by atoms with E-state index < -0.39 is 6.04 Å². The number of carbonyl (C=O) groups excluding carboxylic acids is 1. The van der Waals surface area contributed by atoms with E-state index in [9.17, 15) is 10.1 Å². The van der Waals surface area contributed by atoms with Gasteiger partial charge in [-0.1, -0.05) is 24.3 Å². The van der Waals surface area contributed by atoms with Crippen molar-refractivity contribution in [3.8, 4) is 17.6 Å². The highest BCUT2D eigenvalue weighted by atomic mass is 32.2. The zero-order valence-corrected chi connectivity index (χ0v) is 17.3. The van der Waals surface area contributed by atoms with Crippen molar-refractivity contribution in [2.45, 2.75) is 13.0 Å². The van der Waals surface area contributed by atoms with Crippen molar-refractivity contribution in [1.29, 1.82) is 5.26 Å². The van der Waals surface area contributed by atoms with Gasteiger partial charge in [0.25, 0.3) is 5.91 Å². The second-order valence-corrected chi connectivity index (χ2v) is 8.00. The van der Waals surface area contributed by atoms with E-state index in [4.69, 9.17) is 15.2 Å². The van der Waals surface area contributed by atoms with Gasteiger partial charge in [0.15, 0.2) is 16.7 Å². The van der Waals surface area contributed by atoms with Crippen LogP contribution in [0.1, 0.15) is 18.5 Å². The Bertz CT molecular complexity index is 1230. The van der Waals surface area contributed by atoms with Crippen LogP contribution in [0.15, 0.2) is 75.5 Å². The Labute approximate surface area is 182 Å². The summed E-state index contributed by atoms with van der Waals surface area (Å²) in [5, 5.41) is 13.0. The highest BCUT2D eigenvalue weighted by Crippen LogP contribution is 2.47. The third-order valence-corrected chi connectivity index (χ3v) is 6.14. The number of amides is 1. The van der Waals surface area contributed by atoms with Crippen LogP contribution in [0.4, 0.5) is 5.69 Å². The number of hydrogen-bond donors (Lipinski definition) is 2. The largest absolute Gasteiger partial charge is 0.454 e.